The number of benzene rings is 2. The van der Waals surface area contributed by atoms with Crippen LogP contribution in [0.1, 0.15) is 111 Å². The SMILES string of the molecule is CNC(C(=O)N[C@@H](CCCNC(N)=O)C(=O)Nc1ccc(COC(=O)NCc2ccc(C(C)C(C)[C@@H](C)[C@H](C/C=C/C(=O)NCC(=O)NCC(C)(C)C(=O)O[C@H](C=O)CC(C)C)OC)cc2)cc1)C(C)C. The number of urea groups is 1. The normalized spacial score (nSPS) is 14.5. The first-order valence-corrected chi connectivity index (χ1v) is 24.3. The van der Waals surface area contributed by atoms with Crippen molar-refractivity contribution in [1.82, 2.24) is 31.9 Å². The van der Waals surface area contributed by atoms with Gasteiger partial charge in [0.05, 0.1) is 24.1 Å². The van der Waals surface area contributed by atoms with Gasteiger partial charge in [-0.25, -0.2) is 9.59 Å². The number of nitrogens with two attached hydrogens (primary N) is 1. The summed E-state index contributed by atoms with van der Waals surface area (Å²) < 4.78 is 16.6. The number of anilines is 1. The number of methoxy groups -OCH3 is 1. The van der Waals surface area contributed by atoms with Crippen LogP contribution >= 0.6 is 0 Å². The quantitative estimate of drug-likeness (QED) is 0.0215. The Bertz CT molecular complexity index is 2060. The largest absolute Gasteiger partial charge is 0.454 e. The molecule has 0 bridgehead atoms. The van der Waals surface area contributed by atoms with E-state index in [9.17, 15) is 38.4 Å². The van der Waals surface area contributed by atoms with Crippen LogP contribution in [0.15, 0.2) is 60.7 Å². The molecule has 0 heterocycles. The van der Waals surface area contributed by atoms with Crippen LogP contribution in [0, 0.1) is 29.1 Å². The molecule has 0 aliphatic carbocycles. The van der Waals surface area contributed by atoms with Crippen molar-refractivity contribution in [3.05, 3.63) is 77.4 Å². The zero-order valence-corrected chi connectivity index (χ0v) is 43.5. The van der Waals surface area contributed by atoms with Crippen LogP contribution < -0.4 is 43.0 Å². The number of carbonyl (C=O) groups is 8. The molecule has 7 atom stereocenters. The molecule has 0 spiro atoms. The molecule has 71 heavy (non-hydrogen) atoms. The molecule has 0 aliphatic heterocycles. The number of hydrogen-bond acceptors (Lipinski definition) is 12. The molecule has 19 nitrogen and oxygen atoms in total. The average Bonchev–Trinajstić information content (AvgIpc) is 3.33. The smallest absolute Gasteiger partial charge is 0.407 e. The van der Waals surface area contributed by atoms with Gasteiger partial charge in [0.25, 0.3) is 0 Å². The maximum absolute atomic E-state index is 13.3. The Kier molecular flexibility index (Phi) is 26.6. The zero-order valence-electron chi connectivity index (χ0n) is 43.5. The number of esters is 1. The number of hydrogen-bond donors (Lipinski definition) is 8. The van der Waals surface area contributed by atoms with Crippen LogP contribution in [0.25, 0.3) is 0 Å². The minimum Gasteiger partial charge on any atom is -0.454 e. The Hall–Kier alpha value is -6.34. The van der Waals surface area contributed by atoms with E-state index in [2.05, 4.69) is 58.0 Å². The van der Waals surface area contributed by atoms with Crippen molar-refractivity contribution >= 4 is 53.7 Å². The van der Waals surface area contributed by atoms with Gasteiger partial charge in [-0.15, -0.1) is 0 Å². The monoisotopic (exact) mass is 993 g/mol. The summed E-state index contributed by atoms with van der Waals surface area (Å²) in [6.07, 6.45) is 3.59. The molecule has 394 valence electrons. The summed E-state index contributed by atoms with van der Waals surface area (Å²) in [6, 6.07) is 12.7. The van der Waals surface area contributed by atoms with Gasteiger partial charge in [0.15, 0.2) is 12.4 Å². The molecule has 19 heteroatoms. The molecule has 2 rings (SSSR count). The molecule has 2 aromatic carbocycles. The summed E-state index contributed by atoms with van der Waals surface area (Å²) >= 11 is 0. The topological polar surface area (TPSA) is 274 Å². The lowest BCUT2D eigenvalue weighted by Crippen LogP contribution is -2.52. The number of likely N-dealkylation sites (N-methyl/N-ethyl adjacent to an activating group) is 1. The fourth-order valence-electron chi connectivity index (χ4n) is 7.55. The second-order valence-electron chi connectivity index (χ2n) is 19.4. The second kappa shape index (κ2) is 31.1. The van der Waals surface area contributed by atoms with Gasteiger partial charge in [0.2, 0.25) is 23.6 Å². The van der Waals surface area contributed by atoms with Crippen LogP contribution in [0.2, 0.25) is 0 Å². The fraction of sp³-hybridized carbons (Fsp3) is 0.577. The molecular formula is C52H80N8O11. The van der Waals surface area contributed by atoms with E-state index in [0.717, 1.165) is 11.1 Å². The summed E-state index contributed by atoms with van der Waals surface area (Å²) in [7, 11) is 3.31. The highest BCUT2D eigenvalue weighted by atomic mass is 16.6. The van der Waals surface area contributed by atoms with Crippen molar-refractivity contribution in [2.75, 3.05) is 39.1 Å². The molecule has 0 aromatic heterocycles. The highest BCUT2D eigenvalue weighted by Gasteiger charge is 2.33. The molecule has 0 aliphatic rings. The lowest BCUT2D eigenvalue weighted by molar-refractivity contribution is -0.161. The van der Waals surface area contributed by atoms with Crippen LogP contribution in [0.3, 0.4) is 0 Å². The predicted molar refractivity (Wildman–Crippen MR) is 271 cm³/mol. The van der Waals surface area contributed by atoms with Gasteiger partial charge in [-0.05, 0) is 111 Å². The first-order valence-electron chi connectivity index (χ1n) is 24.3. The molecule has 3 unspecified atom stereocenters. The number of amides is 7. The first kappa shape index (κ1) is 60.8. The molecule has 0 fully saturated rings. The lowest BCUT2D eigenvalue weighted by Gasteiger charge is -2.31. The molecule has 7 amide bonds. The van der Waals surface area contributed by atoms with Crippen molar-refractivity contribution in [2.45, 2.75) is 131 Å². The third-order valence-electron chi connectivity index (χ3n) is 12.4. The van der Waals surface area contributed by atoms with Crippen molar-refractivity contribution < 1.29 is 52.6 Å². The predicted octanol–water partition coefficient (Wildman–Crippen LogP) is 4.98. The molecular weight excluding hydrogens is 913 g/mol. The summed E-state index contributed by atoms with van der Waals surface area (Å²) in [5.74, 6) is -1.68. The summed E-state index contributed by atoms with van der Waals surface area (Å²) in [5, 5.41) is 19.1. The third-order valence-corrected chi connectivity index (χ3v) is 12.4. The van der Waals surface area contributed by atoms with E-state index in [1.807, 2.05) is 52.0 Å². The van der Waals surface area contributed by atoms with Gasteiger partial charge in [-0.2, -0.15) is 0 Å². The van der Waals surface area contributed by atoms with Gasteiger partial charge in [-0.3, -0.25) is 28.8 Å². The summed E-state index contributed by atoms with van der Waals surface area (Å²) in [4.78, 5) is 98.8. The molecule has 0 saturated carbocycles. The van der Waals surface area contributed by atoms with E-state index in [1.165, 1.54) is 6.08 Å². The summed E-state index contributed by atoms with van der Waals surface area (Å²) in [5.41, 5.74) is 7.24. The first-order chi connectivity index (χ1) is 33.5. The van der Waals surface area contributed by atoms with Crippen molar-refractivity contribution in [3.63, 3.8) is 0 Å². The molecule has 2 aromatic rings. The lowest BCUT2D eigenvalue weighted by atomic mass is 9.78. The fourth-order valence-corrected chi connectivity index (χ4v) is 7.55. The van der Waals surface area contributed by atoms with Crippen molar-refractivity contribution in [2.24, 2.45) is 34.8 Å². The number of aldehydes is 1. The van der Waals surface area contributed by atoms with Crippen LogP contribution in [-0.4, -0.2) is 106 Å². The maximum Gasteiger partial charge on any atom is 0.407 e. The van der Waals surface area contributed by atoms with E-state index in [1.54, 1.807) is 58.3 Å². The molecule has 0 saturated heterocycles. The molecule has 9 N–H and O–H groups in total. The van der Waals surface area contributed by atoms with Gasteiger partial charge in [0, 0.05) is 32.4 Å². The number of rotatable bonds is 31. The van der Waals surface area contributed by atoms with E-state index >= 15 is 0 Å². The van der Waals surface area contributed by atoms with Crippen molar-refractivity contribution in [1.29, 1.82) is 0 Å². The number of carbonyl (C=O) groups excluding carboxylic acids is 8. The third kappa shape index (κ3) is 22.5. The Labute approximate surface area is 419 Å². The Morgan fingerprint density at radius 3 is 2.03 bits per heavy atom. The summed E-state index contributed by atoms with van der Waals surface area (Å²) in [6.45, 7) is 17.4. The van der Waals surface area contributed by atoms with Gasteiger partial charge in [-0.1, -0.05) is 90.9 Å². The minimum absolute atomic E-state index is 0.00520. The maximum atomic E-state index is 13.3. The number of ether oxygens (including phenoxy) is 3. The Morgan fingerprint density at radius 2 is 1.45 bits per heavy atom. The van der Waals surface area contributed by atoms with Crippen LogP contribution in [0.5, 0.6) is 0 Å². The highest BCUT2D eigenvalue weighted by molar-refractivity contribution is 5.98. The van der Waals surface area contributed by atoms with Crippen LogP contribution in [0.4, 0.5) is 15.3 Å². The highest BCUT2D eigenvalue weighted by Crippen LogP contribution is 2.33. The van der Waals surface area contributed by atoms with Gasteiger partial charge in [0.1, 0.15) is 12.6 Å². The van der Waals surface area contributed by atoms with Gasteiger partial charge >= 0.3 is 18.1 Å². The van der Waals surface area contributed by atoms with E-state index in [4.69, 9.17) is 19.9 Å². The standard InChI is InChI=1S/C52H80N8O11/c1-32(2)26-41(29-61)71-49(66)52(8,9)31-58-45(63)28-56-44(62)16-12-15-43(69-11)36(7)34(5)35(6)39-21-17-37(18-22-39)27-57-51(68)70-30-38-19-23-40(24-20-38)59-47(64)42(14-13-25-55-50(53)67)60-48(65)46(54-10)33(3)4/h12,16-24,29,32-36,41-43,46,54H,13-15,25-28,30-31H2,1-11H3,(H,56,62)(H,57,68)(H,58,63)(H,59,64)(H,60,65)(H3,53,55,67)/b16-12+/t34?,35?,36-,41+,42+,43+,46?/m1/s1. The number of alkyl carbamates (subject to hydrolysis) is 1. The molecule has 0 radical (unpaired) electrons. The zero-order chi connectivity index (χ0) is 53.3. The Balaban J connectivity index is 1.82. The van der Waals surface area contributed by atoms with Crippen molar-refractivity contribution in [3.8, 4) is 0 Å². The number of primary amides is 1. The number of nitrogens with one attached hydrogen (secondary N) is 7. The Morgan fingerprint density at radius 1 is 0.803 bits per heavy atom. The van der Waals surface area contributed by atoms with E-state index in [-0.39, 0.29) is 80.8 Å². The van der Waals surface area contributed by atoms with E-state index < -0.39 is 59.4 Å². The van der Waals surface area contributed by atoms with E-state index in [0.29, 0.717) is 36.8 Å². The minimum atomic E-state index is -1.08. The van der Waals surface area contributed by atoms with Gasteiger partial charge < -0.3 is 57.2 Å². The average molecular weight is 993 g/mol. The second-order valence-corrected chi connectivity index (χ2v) is 19.4. The van der Waals surface area contributed by atoms with Crippen LogP contribution in [-0.2, 0) is 56.1 Å².